The Balaban J connectivity index is 1.53. The summed E-state index contributed by atoms with van der Waals surface area (Å²) in [6.07, 6.45) is 0. The van der Waals surface area contributed by atoms with E-state index in [1.54, 1.807) is 6.92 Å². The second-order valence-corrected chi connectivity index (χ2v) is 8.76. The third kappa shape index (κ3) is 4.87. The highest BCUT2D eigenvalue weighted by atomic mass is 35.5. The zero-order chi connectivity index (χ0) is 21.8. The number of nitrogens with zero attached hydrogens (tertiary/aromatic N) is 2. The summed E-state index contributed by atoms with van der Waals surface area (Å²) in [7, 11) is 0. The van der Waals surface area contributed by atoms with Crippen molar-refractivity contribution in [2.75, 3.05) is 44.2 Å². The predicted octanol–water partition coefficient (Wildman–Crippen LogP) is 3.39. The van der Waals surface area contributed by atoms with E-state index in [1.165, 1.54) is 11.3 Å². The average Bonchev–Trinajstić information content (AvgIpc) is 3.29. The van der Waals surface area contributed by atoms with Gasteiger partial charge in [0.25, 0.3) is 0 Å². The third-order valence-corrected chi connectivity index (χ3v) is 6.68. The number of esters is 1. The van der Waals surface area contributed by atoms with Crippen molar-refractivity contribution in [3.63, 3.8) is 0 Å². The molecule has 9 heteroatoms. The van der Waals surface area contributed by atoms with Crippen molar-refractivity contribution in [1.82, 2.24) is 15.5 Å². The van der Waals surface area contributed by atoms with Crippen LogP contribution in [0.1, 0.15) is 17.8 Å². The molecule has 2 amide bonds. The molecule has 0 radical (unpaired) electrons. The van der Waals surface area contributed by atoms with Crippen LogP contribution in [0.5, 0.6) is 0 Å². The smallest absolute Gasteiger partial charge is 0.338 e. The molecule has 0 aliphatic carbocycles. The SMILES string of the molecule is CCOC(=O)C1=C(CN2CCN(c3ccccc3Cl)CC2)NC(=O)N[C@@H]1c1cccs1. The largest absolute Gasteiger partial charge is 0.463 e. The van der Waals surface area contributed by atoms with E-state index in [-0.39, 0.29) is 12.6 Å². The van der Waals surface area contributed by atoms with E-state index in [2.05, 4.69) is 20.4 Å². The number of piperazine rings is 1. The molecule has 4 rings (SSSR count). The van der Waals surface area contributed by atoms with E-state index in [4.69, 9.17) is 16.3 Å². The number of amides is 2. The molecular formula is C22H25ClN4O3S. The Morgan fingerprint density at radius 1 is 1.19 bits per heavy atom. The van der Waals surface area contributed by atoms with Crippen molar-refractivity contribution in [3.05, 3.63) is 62.9 Å². The van der Waals surface area contributed by atoms with Gasteiger partial charge in [-0.15, -0.1) is 11.3 Å². The number of halogens is 1. The summed E-state index contributed by atoms with van der Waals surface area (Å²) in [5.41, 5.74) is 2.10. The first-order chi connectivity index (χ1) is 15.1. The molecule has 0 unspecified atom stereocenters. The number of para-hydroxylation sites is 1. The molecule has 1 fully saturated rings. The van der Waals surface area contributed by atoms with E-state index in [0.717, 1.165) is 41.8 Å². The van der Waals surface area contributed by atoms with Gasteiger partial charge in [0.1, 0.15) is 0 Å². The van der Waals surface area contributed by atoms with Crippen LogP contribution in [0.4, 0.5) is 10.5 Å². The molecule has 1 aromatic carbocycles. The van der Waals surface area contributed by atoms with Gasteiger partial charge in [0.15, 0.2) is 0 Å². The lowest BCUT2D eigenvalue weighted by Gasteiger charge is -2.38. The lowest BCUT2D eigenvalue weighted by atomic mass is 10.0. The van der Waals surface area contributed by atoms with E-state index in [0.29, 0.717) is 17.8 Å². The Morgan fingerprint density at radius 3 is 2.65 bits per heavy atom. The number of urea groups is 1. The van der Waals surface area contributed by atoms with E-state index >= 15 is 0 Å². The summed E-state index contributed by atoms with van der Waals surface area (Å²) in [4.78, 5) is 30.6. The van der Waals surface area contributed by atoms with Crippen LogP contribution >= 0.6 is 22.9 Å². The van der Waals surface area contributed by atoms with Gasteiger partial charge in [-0.25, -0.2) is 9.59 Å². The number of hydrogen-bond acceptors (Lipinski definition) is 6. The van der Waals surface area contributed by atoms with E-state index < -0.39 is 12.0 Å². The minimum Gasteiger partial charge on any atom is -0.463 e. The van der Waals surface area contributed by atoms with Crippen LogP contribution in [0.15, 0.2) is 53.0 Å². The van der Waals surface area contributed by atoms with E-state index in [1.807, 2.05) is 41.8 Å². The number of carbonyl (C=O) groups excluding carboxylic acids is 2. The highest BCUT2D eigenvalue weighted by Crippen LogP contribution is 2.31. The van der Waals surface area contributed by atoms with Gasteiger partial charge in [0, 0.05) is 43.3 Å². The molecule has 1 aromatic heterocycles. The number of rotatable bonds is 6. The summed E-state index contributed by atoms with van der Waals surface area (Å²) >= 11 is 7.85. The zero-order valence-electron chi connectivity index (χ0n) is 17.3. The molecule has 164 valence electrons. The van der Waals surface area contributed by atoms with Gasteiger partial charge >= 0.3 is 12.0 Å². The topological polar surface area (TPSA) is 73.9 Å². The highest BCUT2D eigenvalue weighted by molar-refractivity contribution is 7.10. The molecule has 0 bridgehead atoms. The lowest BCUT2D eigenvalue weighted by molar-refractivity contribution is -0.139. The number of thiophene rings is 1. The zero-order valence-corrected chi connectivity index (χ0v) is 18.8. The molecule has 2 aliphatic rings. The van der Waals surface area contributed by atoms with Crippen molar-refractivity contribution in [3.8, 4) is 0 Å². The van der Waals surface area contributed by atoms with Gasteiger partial charge in [0.05, 0.1) is 28.9 Å². The normalized spacial score (nSPS) is 19.7. The minimum atomic E-state index is -0.507. The second kappa shape index (κ2) is 9.72. The molecule has 31 heavy (non-hydrogen) atoms. The number of ether oxygens (including phenoxy) is 1. The molecule has 2 aromatic rings. The van der Waals surface area contributed by atoms with Crippen molar-refractivity contribution in [2.24, 2.45) is 0 Å². The Hall–Kier alpha value is -2.55. The minimum absolute atomic E-state index is 0.275. The summed E-state index contributed by atoms with van der Waals surface area (Å²) in [5.74, 6) is -0.405. The monoisotopic (exact) mass is 460 g/mol. The fourth-order valence-corrected chi connectivity index (χ4v) is 4.98. The first-order valence-corrected chi connectivity index (χ1v) is 11.6. The summed E-state index contributed by atoms with van der Waals surface area (Å²) in [6.45, 7) is 5.73. The molecular weight excluding hydrogens is 436 g/mol. The van der Waals surface area contributed by atoms with Crippen LogP contribution in [0, 0.1) is 0 Å². The average molecular weight is 461 g/mol. The maximum atomic E-state index is 12.8. The number of nitrogens with one attached hydrogen (secondary N) is 2. The van der Waals surface area contributed by atoms with Crippen molar-refractivity contribution in [1.29, 1.82) is 0 Å². The van der Waals surface area contributed by atoms with Gasteiger partial charge in [-0.3, -0.25) is 4.90 Å². The number of anilines is 1. The number of benzene rings is 1. The van der Waals surface area contributed by atoms with Crippen LogP contribution in [-0.2, 0) is 9.53 Å². The molecule has 2 aliphatic heterocycles. The Labute approximate surface area is 190 Å². The van der Waals surface area contributed by atoms with Crippen LogP contribution in [-0.4, -0.2) is 56.2 Å². The molecule has 1 atom stereocenters. The first kappa shape index (κ1) is 21.7. The maximum absolute atomic E-state index is 12.8. The Kier molecular flexibility index (Phi) is 6.80. The van der Waals surface area contributed by atoms with Crippen LogP contribution in [0.2, 0.25) is 5.02 Å². The molecule has 3 heterocycles. The lowest BCUT2D eigenvalue weighted by Crippen LogP contribution is -2.51. The van der Waals surface area contributed by atoms with Crippen molar-refractivity contribution < 1.29 is 14.3 Å². The number of carbonyl (C=O) groups is 2. The van der Waals surface area contributed by atoms with Gasteiger partial charge < -0.3 is 20.3 Å². The van der Waals surface area contributed by atoms with Gasteiger partial charge in [0.2, 0.25) is 0 Å². The van der Waals surface area contributed by atoms with Crippen LogP contribution < -0.4 is 15.5 Å². The molecule has 7 nitrogen and oxygen atoms in total. The van der Waals surface area contributed by atoms with Gasteiger partial charge in [-0.05, 0) is 30.5 Å². The Morgan fingerprint density at radius 2 is 1.97 bits per heavy atom. The first-order valence-electron chi connectivity index (χ1n) is 10.3. The van der Waals surface area contributed by atoms with Crippen molar-refractivity contribution >= 4 is 40.6 Å². The van der Waals surface area contributed by atoms with Crippen molar-refractivity contribution in [2.45, 2.75) is 13.0 Å². The fourth-order valence-electron chi connectivity index (χ4n) is 3.94. The molecule has 0 spiro atoms. The molecule has 0 saturated carbocycles. The maximum Gasteiger partial charge on any atom is 0.338 e. The second-order valence-electron chi connectivity index (χ2n) is 7.37. The van der Waals surface area contributed by atoms with Gasteiger partial charge in [-0.1, -0.05) is 29.8 Å². The molecule has 1 saturated heterocycles. The van der Waals surface area contributed by atoms with Gasteiger partial charge in [-0.2, -0.15) is 0 Å². The Bertz CT molecular complexity index is 971. The summed E-state index contributed by atoms with van der Waals surface area (Å²) in [6, 6.07) is 10.8. The fraction of sp³-hybridized carbons (Fsp3) is 0.364. The number of hydrogen-bond donors (Lipinski definition) is 2. The molecule has 2 N–H and O–H groups in total. The predicted molar refractivity (Wildman–Crippen MR) is 122 cm³/mol. The van der Waals surface area contributed by atoms with Crippen LogP contribution in [0.25, 0.3) is 0 Å². The summed E-state index contributed by atoms with van der Waals surface area (Å²) < 4.78 is 5.33. The van der Waals surface area contributed by atoms with Crippen LogP contribution in [0.3, 0.4) is 0 Å². The quantitative estimate of drug-likeness (QED) is 0.646. The third-order valence-electron chi connectivity index (χ3n) is 5.42. The summed E-state index contributed by atoms with van der Waals surface area (Å²) in [5, 5.41) is 8.40. The standard InChI is InChI=1S/C22H25ClN4O3S/c1-2-30-21(28)19-16(24-22(29)25-20(19)18-8-5-13-31-18)14-26-9-11-27(12-10-26)17-7-4-3-6-15(17)23/h3-8,13,20H,2,9-12,14H2,1H3,(H2,24,25,29)/t20-/m1/s1. The highest BCUT2D eigenvalue weighted by Gasteiger charge is 2.35. The van der Waals surface area contributed by atoms with E-state index in [9.17, 15) is 9.59 Å².